The molecular weight excluding hydrogens is 695 g/mol. The standard InChI is InChI=1S/C46H85NO8/c1-3-5-7-9-11-13-15-17-19-20-22-24-26-28-30-32-34-36-42(50)47-39(38-54-46-45(53)44(52)43(51)41(37-48)55-46)40(49)35-33-31-29-27-25-23-21-18-16-14-12-10-8-6-4-2/h11,13,17,19,33,35,39-41,43-46,48-49,51-53H,3-10,12,14-16,18,20-32,34,36-38H2,1-2H3,(H,47,50)/b13-11-,19-17-,35-33+. The van der Waals surface area contributed by atoms with Crippen molar-refractivity contribution < 1.29 is 39.8 Å². The maximum atomic E-state index is 12.9. The summed E-state index contributed by atoms with van der Waals surface area (Å²) in [5.41, 5.74) is 0. The van der Waals surface area contributed by atoms with Crippen LogP contribution in [-0.2, 0) is 14.3 Å². The molecule has 1 rings (SSSR count). The molecule has 0 spiro atoms. The Hall–Kier alpha value is -1.59. The largest absolute Gasteiger partial charge is 0.394 e. The highest BCUT2D eigenvalue weighted by atomic mass is 16.7. The zero-order valence-corrected chi connectivity index (χ0v) is 35.2. The van der Waals surface area contributed by atoms with Gasteiger partial charge in [-0.15, -0.1) is 0 Å². The molecule has 0 aromatic heterocycles. The molecule has 55 heavy (non-hydrogen) atoms. The molecule has 1 amide bonds. The van der Waals surface area contributed by atoms with Gasteiger partial charge in [-0.2, -0.15) is 0 Å². The summed E-state index contributed by atoms with van der Waals surface area (Å²) in [7, 11) is 0. The van der Waals surface area contributed by atoms with Crippen LogP contribution in [0.3, 0.4) is 0 Å². The van der Waals surface area contributed by atoms with E-state index in [9.17, 15) is 30.3 Å². The van der Waals surface area contributed by atoms with Crippen molar-refractivity contribution in [3.63, 3.8) is 0 Å². The third kappa shape index (κ3) is 27.6. The molecule has 7 atom stereocenters. The van der Waals surface area contributed by atoms with Crippen molar-refractivity contribution in [3.8, 4) is 0 Å². The second kappa shape index (κ2) is 36.7. The summed E-state index contributed by atoms with van der Waals surface area (Å²) < 4.78 is 11.2. The minimum atomic E-state index is -1.57. The Kier molecular flexibility index (Phi) is 34.3. The van der Waals surface area contributed by atoms with Crippen molar-refractivity contribution in [1.29, 1.82) is 0 Å². The van der Waals surface area contributed by atoms with Crippen LogP contribution in [0.2, 0.25) is 0 Å². The minimum absolute atomic E-state index is 0.186. The lowest BCUT2D eigenvalue weighted by atomic mass is 9.99. The smallest absolute Gasteiger partial charge is 0.220 e. The maximum absolute atomic E-state index is 12.9. The van der Waals surface area contributed by atoms with Gasteiger partial charge >= 0.3 is 0 Å². The maximum Gasteiger partial charge on any atom is 0.220 e. The average molecular weight is 780 g/mol. The third-order valence-corrected chi connectivity index (χ3v) is 10.7. The van der Waals surface area contributed by atoms with Crippen LogP contribution >= 0.6 is 0 Å². The first-order valence-electron chi connectivity index (χ1n) is 22.7. The molecule has 0 aromatic carbocycles. The number of aliphatic hydroxyl groups is 5. The lowest BCUT2D eigenvalue weighted by Crippen LogP contribution is -2.60. The molecule has 1 aliphatic heterocycles. The van der Waals surface area contributed by atoms with Crippen molar-refractivity contribution in [2.24, 2.45) is 0 Å². The van der Waals surface area contributed by atoms with E-state index >= 15 is 0 Å². The highest BCUT2D eigenvalue weighted by Crippen LogP contribution is 2.22. The first-order valence-corrected chi connectivity index (χ1v) is 22.7. The van der Waals surface area contributed by atoms with Gasteiger partial charge < -0.3 is 40.3 Å². The molecular formula is C46H85NO8. The van der Waals surface area contributed by atoms with Crippen LogP contribution in [0.5, 0.6) is 0 Å². The van der Waals surface area contributed by atoms with E-state index in [0.29, 0.717) is 6.42 Å². The zero-order chi connectivity index (χ0) is 40.2. The number of hydrogen-bond acceptors (Lipinski definition) is 8. The van der Waals surface area contributed by atoms with Gasteiger partial charge in [0, 0.05) is 6.42 Å². The second-order valence-corrected chi connectivity index (χ2v) is 15.8. The Morgan fingerprint density at radius 1 is 0.618 bits per heavy atom. The summed E-state index contributed by atoms with van der Waals surface area (Å²) >= 11 is 0. The van der Waals surface area contributed by atoms with E-state index < -0.39 is 49.5 Å². The van der Waals surface area contributed by atoms with Crippen molar-refractivity contribution >= 4 is 5.91 Å². The second-order valence-electron chi connectivity index (χ2n) is 15.8. The Labute approximate surface area is 336 Å². The van der Waals surface area contributed by atoms with Gasteiger partial charge in [0.1, 0.15) is 24.4 Å². The molecule has 9 heteroatoms. The van der Waals surface area contributed by atoms with Crippen LogP contribution in [0, 0.1) is 0 Å². The molecule has 0 aromatic rings. The Balaban J connectivity index is 2.38. The molecule has 1 aliphatic rings. The lowest BCUT2D eigenvalue weighted by Gasteiger charge is -2.40. The minimum Gasteiger partial charge on any atom is -0.394 e. The van der Waals surface area contributed by atoms with Crippen LogP contribution in [0.15, 0.2) is 36.5 Å². The predicted octanol–water partition coefficient (Wildman–Crippen LogP) is 9.28. The van der Waals surface area contributed by atoms with Crippen molar-refractivity contribution in [2.45, 2.75) is 236 Å². The van der Waals surface area contributed by atoms with Gasteiger partial charge in [0.15, 0.2) is 6.29 Å². The van der Waals surface area contributed by atoms with Crippen molar-refractivity contribution in [2.75, 3.05) is 13.2 Å². The van der Waals surface area contributed by atoms with Crippen molar-refractivity contribution in [3.05, 3.63) is 36.5 Å². The van der Waals surface area contributed by atoms with Gasteiger partial charge in [-0.1, -0.05) is 172 Å². The highest BCUT2D eigenvalue weighted by molar-refractivity contribution is 5.76. The molecule has 1 heterocycles. The number of allylic oxidation sites excluding steroid dienone is 5. The van der Waals surface area contributed by atoms with E-state index in [1.807, 2.05) is 6.08 Å². The number of aliphatic hydroxyl groups excluding tert-OH is 5. The number of unbranched alkanes of at least 4 members (excludes halogenated alkanes) is 23. The number of amides is 1. The van der Waals surface area contributed by atoms with Crippen LogP contribution in [-0.4, -0.2) is 87.5 Å². The van der Waals surface area contributed by atoms with Gasteiger partial charge in [-0.05, 0) is 51.4 Å². The molecule has 7 unspecified atom stereocenters. The fourth-order valence-corrected chi connectivity index (χ4v) is 7.01. The fraction of sp³-hybridized carbons (Fsp3) is 0.848. The number of ether oxygens (including phenoxy) is 2. The van der Waals surface area contributed by atoms with E-state index in [0.717, 1.165) is 57.8 Å². The SMILES string of the molecule is CCCCC/C=C\C/C=C\CCCCCCCCCC(=O)NC(COC1OC(CO)C(O)C(O)C1O)C(O)/C=C/CCCCCCCCCCCCCCC. The van der Waals surface area contributed by atoms with Gasteiger partial charge in [0.2, 0.25) is 5.91 Å². The lowest BCUT2D eigenvalue weighted by molar-refractivity contribution is -0.302. The van der Waals surface area contributed by atoms with E-state index in [-0.39, 0.29) is 12.5 Å². The molecule has 1 saturated heterocycles. The average Bonchev–Trinajstić information content (AvgIpc) is 3.18. The third-order valence-electron chi connectivity index (χ3n) is 10.7. The monoisotopic (exact) mass is 780 g/mol. The molecule has 0 bridgehead atoms. The topological polar surface area (TPSA) is 149 Å². The molecule has 9 nitrogen and oxygen atoms in total. The normalized spacial score (nSPS) is 21.6. The fourth-order valence-electron chi connectivity index (χ4n) is 7.01. The summed E-state index contributed by atoms with van der Waals surface area (Å²) in [6.07, 6.45) is 37.5. The highest BCUT2D eigenvalue weighted by Gasteiger charge is 2.44. The number of hydrogen-bond donors (Lipinski definition) is 6. The number of carbonyl (C=O) groups excluding carboxylic acids is 1. The molecule has 0 radical (unpaired) electrons. The predicted molar refractivity (Wildman–Crippen MR) is 226 cm³/mol. The van der Waals surface area contributed by atoms with Crippen LogP contribution in [0.4, 0.5) is 0 Å². The van der Waals surface area contributed by atoms with E-state index in [1.165, 1.54) is 116 Å². The van der Waals surface area contributed by atoms with Gasteiger partial charge in [0.25, 0.3) is 0 Å². The Morgan fingerprint density at radius 2 is 1.07 bits per heavy atom. The Morgan fingerprint density at radius 3 is 1.60 bits per heavy atom. The number of nitrogens with one attached hydrogen (secondary N) is 1. The molecule has 0 saturated carbocycles. The first-order chi connectivity index (χ1) is 26.8. The number of carbonyl (C=O) groups is 1. The summed E-state index contributed by atoms with van der Waals surface area (Å²) in [6, 6.07) is -0.807. The van der Waals surface area contributed by atoms with Gasteiger partial charge in [-0.25, -0.2) is 0 Å². The molecule has 1 fully saturated rings. The summed E-state index contributed by atoms with van der Waals surface area (Å²) in [5, 5.41) is 54.2. The van der Waals surface area contributed by atoms with Crippen molar-refractivity contribution in [1.82, 2.24) is 5.32 Å². The molecule has 322 valence electrons. The number of rotatable bonds is 37. The summed E-state index contributed by atoms with van der Waals surface area (Å²) in [4.78, 5) is 12.9. The Bertz CT molecular complexity index is 956. The van der Waals surface area contributed by atoms with E-state index in [4.69, 9.17) is 9.47 Å². The van der Waals surface area contributed by atoms with Gasteiger partial charge in [0.05, 0.1) is 25.4 Å². The van der Waals surface area contributed by atoms with Crippen LogP contribution < -0.4 is 5.32 Å². The van der Waals surface area contributed by atoms with Gasteiger partial charge in [-0.3, -0.25) is 4.79 Å². The quantitative estimate of drug-likeness (QED) is 0.0270. The molecule has 6 N–H and O–H groups in total. The summed E-state index contributed by atoms with van der Waals surface area (Å²) in [5.74, 6) is -0.186. The zero-order valence-electron chi connectivity index (χ0n) is 35.2. The first kappa shape index (κ1) is 51.4. The van der Waals surface area contributed by atoms with Crippen LogP contribution in [0.25, 0.3) is 0 Å². The van der Waals surface area contributed by atoms with E-state index in [2.05, 4.69) is 43.5 Å². The van der Waals surface area contributed by atoms with E-state index in [1.54, 1.807) is 6.08 Å². The molecule has 0 aliphatic carbocycles. The summed E-state index contributed by atoms with van der Waals surface area (Å²) in [6.45, 7) is 3.74. The van der Waals surface area contributed by atoms with Crippen LogP contribution in [0.1, 0.15) is 194 Å².